The van der Waals surface area contributed by atoms with Gasteiger partial charge in [0.2, 0.25) is 5.82 Å². The van der Waals surface area contributed by atoms with Gasteiger partial charge in [0.05, 0.1) is 8.94 Å². The van der Waals surface area contributed by atoms with Crippen LogP contribution in [0.3, 0.4) is 0 Å². The standard InChI is InChI=1S/C9H13F2N2O14P3S/c10-3-1-13(8(31)12-6(3)16)7-4(14)5(15)9(11,25-7)2-24-29(20,21)27-30(22,23)26-28(17,18)19/h1,4-5,7,14-15H,2H2,(H,20,21)(H,22,23)(H,12,16,31)(H2,17,18,19)/t4-,5+,7-,9-/m1/s1/i2D2. The molecule has 1 saturated heterocycles. The van der Waals surface area contributed by atoms with Gasteiger partial charge in [0.1, 0.15) is 18.8 Å². The van der Waals surface area contributed by atoms with Gasteiger partial charge < -0.3 is 34.5 Å². The lowest BCUT2D eigenvalue weighted by atomic mass is 10.1. The third-order valence-electron chi connectivity index (χ3n) is 3.20. The Morgan fingerprint density at radius 1 is 1.26 bits per heavy atom. The highest BCUT2D eigenvalue weighted by atomic mass is 32.1. The molecule has 0 radical (unpaired) electrons. The zero-order chi connectivity index (χ0) is 25.8. The number of nitrogens with zero attached hydrogens (tertiary/aromatic N) is 1. The van der Waals surface area contributed by atoms with E-state index in [0.717, 1.165) is 0 Å². The summed E-state index contributed by atoms with van der Waals surface area (Å²) in [6, 6.07) is 0. The second kappa shape index (κ2) is 8.89. The molecule has 2 rings (SSSR count). The van der Waals surface area contributed by atoms with Crippen LogP contribution in [0.1, 0.15) is 8.97 Å². The summed E-state index contributed by atoms with van der Waals surface area (Å²) in [7, 11) is -18.2. The first kappa shape index (κ1) is 23.4. The molecule has 0 bridgehead atoms. The molecule has 178 valence electrons. The van der Waals surface area contributed by atoms with E-state index in [0.29, 0.717) is 10.8 Å². The van der Waals surface area contributed by atoms with Crippen LogP contribution < -0.4 is 5.56 Å². The fraction of sp³-hybridized carbons (Fsp3) is 0.556. The molecule has 1 aromatic rings. The van der Waals surface area contributed by atoms with Gasteiger partial charge in [0.25, 0.3) is 11.4 Å². The van der Waals surface area contributed by atoms with Crippen LogP contribution in [0, 0.1) is 10.6 Å². The SMILES string of the molecule is [2H]C([2H])(OP(=O)(O)OP(=O)(O)OP(=O)(O)O)[C@@]1(F)O[C@@H](n2cc(F)c(=O)[nH]c2=S)[C@H](O)[C@@H]1O. The molecule has 2 unspecified atom stereocenters. The predicted octanol–water partition coefficient (Wildman–Crippen LogP) is -0.695. The molecule has 1 aliphatic rings. The summed E-state index contributed by atoms with van der Waals surface area (Å²) < 4.78 is 92.2. The van der Waals surface area contributed by atoms with Gasteiger partial charge in [-0.25, -0.2) is 18.1 Å². The molecule has 22 heteroatoms. The van der Waals surface area contributed by atoms with E-state index in [-0.39, 0.29) is 0 Å². The zero-order valence-corrected chi connectivity index (χ0v) is 17.7. The van der Waals surface area contributed by atoms with Crippen molar-refractivity contribution in [2.24, 2.45) is 0 Å². The predicted molar refractivity (Wildman–Crippen MR) is 91.6 cm³/mol. The van der Waals surface area contributed by atoms with E-state index in [1.807, 2.05) is 0 Å². The number of phosphoric acid groups is 3. The summed E-state index contributed by atoms with van der Waals surface area (Å²) in [5, 5.41) is 20.0. The molecule has 1 aliphatic heterocycles. The Labute approximate surface area is 176 Å². The first-order valence-electron chi connectivity index (χ1n) is 8.19. The maximum absolute atomic E-state index is 15.3. The number of phosphoric ester groups is 1. The van der Waals surface area contributed by atoms with E-state index >= 15 is 4.39 Å². The van der Waals surface area contributed by atoms with Crippen LogP contribution >= 0.6 is 35.7 Å². The number of hydrogen-bond acceptors (Lipinski definition) is 11. The molecular weight excluding hydrogens is 523 g/mol. The van der Waals surface area contributed by atoms with Gasteiger partial charge in [-0.05, 0) is 12.2 Å². The summed E-state index contributed by atoms with van der Waals surface area (Å²) in [5.74, 6) is -5.83. The number of aromatic nitrogens is 2. The van der Waals surface area contributed by atoms with E-state index in [1.165, 1.54) is 0 Å². The van der Waals surface area contributed by atoms with E-state index in [2.05, 4.69) is 30.1 Å². The van der Waals surface area contributed by atoms with Crippen molar-refractivity contribution in [1.29, 1.82) is 0 Å². The molecule has 6 atom stereocenters. The molecule has 1 aromatic heterocycles. The number of H-pyrrole nitrogens is 1. The number of ether oxygens (including phenoxy) is 1. The van der Waals surface area contributed by atoms with Crippen molar-refractivity contribution >= 4 is 35.7 Å². The van der Waals surface area contributed by atoms with E-state index in [9.17, 15) is 38.0 Å². The lowest BCUT2D eigenvalue weighted by Crippen LogP contribution is -2.42. The van der Waals surface area contributed by atoms with Gasteiger partial charge in [-0.1, -0.05) is 0 Å². The number of halogens is 2. The van der Waals surface area contributed by atoms with Gasteiger partial charge in [0, 0.05) is 0 Å². The molecule has 1 fully saturated rings. The summed E-state index contributed by atoms with van der Waals surface area (Å²) in [6.07, 6.45) is -7.41. The fourth-order valence-corrected chi connectivity index (χ4v) is 5.19. The van der Waals surface area contributed by atoms with E-state index in [4.69, 9.17) is 17.4 Å². The van der Waals surface area contributed by atoms with Gasteiger partial charge in [-0.2, -0.15) is 13.0 Å². The topological polar surface area (TPSA) is 247 Å². The number of nitrogens with one attached hydrogen (secondary N) is 1. The molecule has 7 N–H and O–H groups in total. The normalized spacial score (nSPS) is 32.1. The van der Waals surface area contributed by atoms with Crippen molar-refractivity contribution in [2.45, 2.75) is 24.3 Å². The number of alkyl halides is 1. The summed E-state index contributed by atoms with van der Waals surface area (Å²) in [5.41, 5.74) is -1.33. The van der Waals surface area contributed by atoms with Crippen LogP contribution in [0.15, 0.2) is 11.0 Å². The Morgan fingerprint density at radius 3 is 2.39 bits per heavy atom. The average Bonchev–Trinajstić information content (AvgIpc) is 2.79. The van der Waals surface area contributed by atoms with Gasteiger partial charge in [-0.3, -0.25) is 18.9 Å². The quantitative estimate of drug-likeness (QED) is 0.160. The van der Waals surface area contributed by atoms with Crippen LogP contribution in [0.4, 0.5) is 8.78 Å². The summed E-state index contributed by atoms with van der Waals surface area (Å²) in [6.45, 7) is -4.34. The second-order valence-electron chi connectivity index (χ2n) is 5.52. The molecule has 0 aliphatic carbocycles. The molecule has 0 spiro atoms. The Balaban J connectivity index is 2.36. The number of hydrogen-bond donors (Lipinski definition) is 7. The van der Waals surface area contributed by atoms with Crippen molar-refractivity contribution in [2.75, 3.05) is 6.56 Å². The average molecular weight is 538 g/mol. The Morgan fingerprint density at radius 2 is 1.84 bits per heavy atom. The maximum atomic E-state index is 15.3. The Kier molecular flexibility index (Phi) is 6.71. The van der Waals surface area contributed by atoms with Crippen LogP contribution in [-0.2, 0) is 31.6 Å². The van der Waals surface area contributed by atoms with Crippen molar-refractivity contribution < 1.29 is 72.9 Å². The molecule has 0 amide bonds. The van der Waals surface area contributed by atoms with Gasteiger partial charge >= 0.3 is 23.5 Å². The first-order valence-corrected chi connectivity index (χ1v) is 12.1. The molecule has 0 aromatic carbocycles. The van der Waals surface area contributed by atoms with Crippen molar-refractivity contribution in [3.05, 3.63) is 27.1 Å². The van der Waals surface area contributed by atoms with Crippen molar-refractivity contribution in [3.63, 3.8) is 0 Å². The van der Waals surface area contributed by atoms with Crippen molar-refractivity contribution in [1.82, 2.24) is 9.55 Å². The minimum atomic E-state index is -6.28. The minimum Gasteiger partial charge on any atom is -0.385 e. The first-order chi connectivity index (χ1) is 14.6. The number of aromatic amines is 1. The minimum absolute atomic E-state index is 0.297. The van der Waals surface area contributed by atoms with Crippen molar-refractivity contribution in [3.8, 4) is 0 Å². The Hall–Kier alpha value is -0.750. The number of aliphatic hydroxyl groups is 2. The zero-order valence-electron chi connectivity index (χ0n) is 16.2. The van der Waals surface area contributed by atoms with Gasteiger partial charge in [-0.15, -0.1) is 0 Å². The lowest BCUT2D eigenvalue weighted by Gasteiger charge is -2.24. The molecule has 0 saturated carbocycles. The summed E-state index contributed by atoms with van der Waals surface area (Å²) >= 11 is 4.67. The Bertz CT molecular complexity index is 1190. The highest BCUT2D eigenvalue weighted by molar-refractivity contribution is 7.71. The van der Waals surface area contributed by atoms with E-state index in [1.54, 1.807) is 4.98 Å². The molecule has 16 nitrogen and oxygen atoms in total. The van der Waals surface area contributed by atoms with Crippen LogP contribution in [0.25, 0.3) is 0 Å². The molecule has 2 heterocycles. The third kappa shape index (κ3) is 6.63. The van der Waals surface area contributed by atoms with Crippen LogP contribution in [-0.4, -0.2) is 64.0 Å². The number of rotatable bonds is 8. The summed E-state index contributed by atoms with van der Waals surface area (Å²) in [4.78, 5) is 48.3. The van der Waals surface area contributed by atoms with Gasteiger partial charge in [0.15, 0.2) is 11.0 Å². The monoisotopic (exact) mass is 538 g/mol. The third-order valence-corrected chi connectivity index (χ3v) is 7.17. The molecular formula is C9H13F2N2O14P3S. The van der Waals surface area contributed by atoms with Crippen LogP contribution in [0.5, 0.6) is 0 Å². The fourth-order valence-electron chi connectivity index (χ4n) is 2.06. The van der Waals surface area contributed by atoms with E-state index < -0.39 is 70.5 Å². The molecule has 31 heavy (non-hydrogen) atoms. The highest BCUT2D eigenvalue weighted by Gasteiger charge is 2.57. The highest BCUT2D eigenvalue weighted by Crippen LogP contribution is 2.66. The smallest absolute Gasteiger partial charge is 0.385 e. The second-order valence-corrected chi connectivity index (χ2v) is 10.2. The number of aliphatic hydroxyl groups excluding tert-OH is 2. The maximum Gasteiger partial charge on any atom is 0.490 e. The largest absolute Gasteiger partial charge is 0.490 e. The lowest BCUT2D eigenvalue weighted by molar-refractivity contribution is -0.204. The van der Waals surface area contributed by atoms with Crippen LogP contribution in [0.2, 0.25) is 0 Å².